The highest BCUT2D eigenvalue weighted by Gasteiger charge is 2.13. The predicted octanol–water partition coefficient (Wildman–Crippen LogP) is 2.41. The number of benzene rings is 2. The highest BCUT2D eigenvalue weighted by atomic mass is 16.3. The third-order valence-electron chi connectivity index (χ3n) is 3.87. The second-order valence-electron chi connectivity index (χ2n) is 5.55. The Hall–Kier alpha value is -3.12. The summed E-state index contributed by atoms with van der Waals surface area (Å²) in [6, 6.07) is 18.2. The zero-order valence-corrected chi connectivity index (χ0v) is 13.7. The first-order valence-corrected chi connectivity index (χ1v) is 8.06. The van der Waals surface area contributed by atoms with E-state index in [1.54, 1.807) is 10.9 Å². The molecule has 0 fully saturated rings. The number of rotatable bonds is 6. The molecule has 3 N–H and O–H groups in total. The van der Waals surface area contributed by atoms with Gasteiger partial charge >= 0.3 is 6.03 Å². The van der Waals surface area contributed by atoms with Crippen LogP contribution in [-0.2, 0) is 6.54 Å². The number of nitrogens with zero attached hydrogens (tertiary/aromatic N) is 2. The molecule has 1 atom stereocenters. The van der Waals surface area contributed by atoms with Crippen LogP contribution in [0.25, 0.3) is 5.69 Å². The Morgan fingerprint density at radius 1 is 1.08 bits per heavy atom. The zero-order valence-electron chi connectivity index (χ0n) is 13.7. The molecular formula is C19H20N4O2. The molecule has 2 amide bonds. The number of carbonyl (C=O) groups excluding carboxylic acids is 1. The van der Waals surface area contributed by atoms with Crippen LogP contribution >= 0.6 is 0 Å². The second-order valence-corrected chi connectivity index (χ2v) is 5.55. The van der Waals surface area contributed by atoms with Crippen LogP contribution < -0.4 is 10.6 Å². The number of aromatic nitrogens is 2. The molecule has 6 heteroatoms. The van der Waals surface area contributed by atoms with Crippen molar-refractivity contribution in [1.29, 1.82) is 0 Å². The van der Waals surface area contributed by atoms with Gasteiger partial charge < -0.3 is 15.7 Å². The average Bonchev–Trinajstić information content (AvgIpc) is 3.20. The van der Waals surface area contributed by atoms with E-state index in [4.69, 9.17) is 0 Å². The Kier molecular flexibility index (Phi) is 5.43. The molecule has 0 spiro atoms. The van der Waals surface area contributed by atoms with E-state index in [0.717, 1.165) is 16.8 Å². The number of hydrogen-bond donors (Lipinski definition) is 3. The third kappa shape index (κ3) is 4.24. The van der Waals surface area contributed by atoms with Gasteiger partial charge in [-0.2, -0.15) is 5.10 Å². The van der Waals surface area contributed by atoms with E-state index in [1.807, 2.05) is 66.9 Å². The van der Waals surface area contributed by atoms with E-state index < -0.39 is 6.04 Å². The monoisotopic (exact) mass is 336 g/mol. The summed E-state index contributed by atoms with van der Waals surface area (Å²) in [4.78, 5) is 12.2. The van der Waals surface area contributed by atoms with Gasteiger partial charge in [0.05, 0.1) is 18.3 Å². The Bertz CT molecular complexity index is 803. The lowest BCUT2D eigenvalue weighted by molar-refractivity contribution is 0.216. The Morgan fingerprint density at radius 3 is 2.56 bits per heavy atom. The summed E-state index contributed by atoms with van der Waals surface area (Å²) in [6.45, 7) is 0.191. The number of aliphatic hydroxyl groups excluding tert-OH is 1. The molecule has 0 aliphatic heterocycles. The summed E-state index contributed by atoms with van der Waals surface area (Å²) in [5.41, 5.74) is 2.72. The maximum atomic E-state index is 12.2. The highest BCUT2D eigenvalue weighted by molar-refractivity contribution is 5.74. The molecule has 0 aliphatic carbocycles. The van der Waals surface area contributed by atoms with Crippen LogP contribution in [0, 0.1) is 0 Å². The standard InChI is InChI=1S/C19H20N4O2/c24-14-17(15-7-2-1-3-8-15)22-19(25)20-13-16-9-4-5-10-18(16)23-12-6-11-21-23/h1-12,17,24H,13-14H2,(H2,20,22,25). The van der Waals surface area contributed by atoms with Crippen LogP contribution in [0.5, 0.6) is 0 Å². The largest absolute Gasteiger partial charge is 0.394 e. The molecule has 0 bridgehead atoms. The van der Waals surface area contributed by atoms with Gasteiger partial charge in [-0.25, -0.2) is 9.48 Å². The van der Waals surface area contributed by atoms with Crippen molar-refractivity contribution in [2.75, 3.05) is 6.61 Å². The van der Waals surface area contributed by atoms with E-state index in [1.165, 1.54) is 0 Å². The molecule has 1 heterocycles. The van der Waals surface area contributed by atoms with E-state index in [9.17, 15) is 9.90 Å². The first-order chi connectivity index (χ1) is 12.3. The number of hydrogen-bond acceptors (Lipinski definition) is 3. The van der Waals surface area contributed by atoms with Gasteiger partial charge in [-0.05, 0) is 23.3 Å². The van der Waals surface area contributed by atoms with Crippen LogP contribution in [0.2, 0.25) is 0 Å². The second kappa shape index (κ2) is 8.12. The van der Waals surface area contributed by atoms with Gasteiger partial charge in [0.2, 0.25) is 0 Å². The molecule has 1 aromatic heterocycles. The summed E-state index contributed by atoms with van der Waals surface area (Å²) in [5, 5.41) is 19.4. The number of para-hydroxylation sites is 1. The quantitative estimate of drug-likeness (QED) is 0.647. The van der Waals surface area contributed by atoms with Crippen molar-refractivity contribution in [2.45, 2.75) is 12.6 Å². The molecule has 3 aromatic rings. The molecule has 0 saturated heterocycles. The predicted molar refractivity (Wildman–Crippen MR) is 95.2 cm³/mol. The van der Waals surface area contributed by atoms with Crippen LogP contribution in [0.3, 0.4) is 0 Å². The fourth-order valence-electron chi connectivity index (χ4n) is 2.60. The number of carbonyl (C=O) groups is 1. The molecule has 6 nitrogen and oxygen atoms in total. The zero-order chi connectivity index (χ0) is 17.5. The maximum Gasteiger partial charge on any atom is 0.315 e. The first-order valence-electron chi connectivity index (χ1n) is 8.06. The van der Waals surface area contributed by atoms with Gasteiger partial charge in [0.1, 0.15) is 0 Å². The number of nitrogens with one attached hydrogen (secondary N) is 2. The van der Waals surface area contributed by atoms with Crippen molar-refractivity contribution in [1.82, 2.24) is 20.4 Å². The van der Waals surface area contributed by atoms with Crippen molar-refractivity contribution in [3.8, 4) is 5.69 Å². The van der Waals surface area contributed by atoms with Crippen LogP contribution in [0.1, 0.15) is 17.2 Å². The van der Waals surface area contributed by atoms with Gasteiger partial charge in [0, 0.05) is 18.9 Å². The minimum atomic E-state index is -0.442. The van der Waals surface area contributed by atoms with Gasteiger partial charge in [0.25, 0.3) is 0 Å². The van der Waals surface area contributed by atoms with Crippen LogP contribution in [-0.4, -0.2) is 27.5 Å². The lowest BCUT2D eigenvalue weighted by Gasteiger charge is -2.18. The minimum absolute atomic E-state index is 0.165. The summed E-state index contributed by atoms with van der Waals surface area (Å²) >= 11 is 0. The van der Waals surface area contributed by atoms with Crippen LogP contribution in [0.4, 0.5) is 4.79 Å². The van der Waals surface area contributed by atoms with Crippen LogP contribution in [0.15, 0.2) is 73.1 Å². The summed E-state index contributed by atoms with van der Waals surface area (Å²) < 4.78 is 1.76. The van der Waals surface area contributed by atoms with Crippen molar-refractivity contribution in [2.24, 2.45) is 0 Å². The van der Waals surface area contributed by atoms with Crippen molar-refractivity contribution < 1.29 is 9.90 Å². The number of aliphatic hydroxyl groups is 1. The molecule has 0 radical (unpaired) electrons. The van der Waals surface area contributed by atoms with Gasteiger partial charge in [-0.3, -0.25) is 0 Å². The van der Waals surface area contributed by atoms with E-state index in [-0.39, 0.29) is 12.6 Å². The van der Waals surface area contributed by atoms with E-state index in [0.29, 0.717) is 6.54 Å². The molecule has 2 aromatic carbocycles. The van der Waals surface area contributed by atoms with Crippen molar-refractivity contribution >= 4 is 6.03 Å². The first kappa shape index (κ1) is 16.7. The fraction of sp³-hybridized carbons (Fsp3) is 0.158. The molecule has 3 rings (SSSR count). The smallest absolute Gasteiger partial charge is 0.315 e. The average molecular weight is 336 g/mol. The normalized spacial score (nSPS) is 11.7. The highest BCUT2D eigenvalue weighted by Crippen LogP contribution is 2.14. The SMILES string of the molecule is O=C(NCc1ccccc1-n1cccn1)NC(CO)c1ccccc1. The Balaban J connectivity index is 1.63. The minimum Gasteiger partial charge on any atom is -0.394 e. The lowest BCUT2D eigenvalue weighted by atomic mass is 10.1. The number of urea groups is 1. The topological polar surface area (TPSA) is 79.2 Å². The molecular weight excluding hydrogens is 316 g/mol. The third-order valence-corrected chi connectivity index (χ3v) is 3.87. The van der Waals surface area contributed by atoms with Crippen molar-refractivity contribution in [3.63, 3.8) is 0 Å². The van der Waals surface area contributed by atoms with Crippen molar-refractivity contribution in [3.05, 3.63) is 84.2 Å². The van der Waals surface area contributed by atoms with Gasteiger partial charge in [-0.1, -0.05) is 48.5 Å². The fourth-order valence-corrected chi connectivity index (χ4v) is 2.60. The Morgan fingerprint density at radius 2 is 1.84 bits per heavy atom. The Labute approximate surface area is 146 Å². The molecule has 128 valence electrons. The van der Waals surface area contributed by atoms with Gasteiger partial charge in [-0.15, -0.1) is 0 Å². The van der Waals surface area contributed by atoms with E-state index >= 15 is 0 Å². The maximum absolute atomic E-state index is 12.2. The molecule has 1 unspecified atom stereocenters. The summed E-state index contributed by atoms with van der Waals surface area (Å²) in [6.07, 6.45) is 3.57. The molecule has 0 saturated carbocycles. The molecule has 25 heavy (non-hydrogen) atoms. The number of amides is 2. The summed E-state index contributed by atoms with van der Waals surface area (Å²) in [5.74, 6) is 0. The lowest BCUT2D eigenvalue weighted by Crippen LogP contribution is -2.39. The summed E-state index contributed by atoms with van der Waals surface area (Å²) in [7, 11) is 0. The molecule has 0 aliphatic rings. The van der Waals surface area contributed by atoms with E-state index in [2.05, 4.69) is 15.7 Å². The van der Waals surface area contributed by atoms with Gasteiger partial charge in [0.15, 0.2) is 0 Å².